The summed E-state index contributed by atoms with van der Waals surface area (Å²) in [6.07, 6.45) is 1.00. The maximum Gasteiger partial charge on any atom is 0.259 e. The van der Waals surface area contributed by atoms with Crippen molar-refractivity contribution in [3.63, 3.8) is 0 Å². The Kier molecular flexibility index (Phi) is 7.84. The molecule has 3 aromatic rings. The average molecular weight is 481 g/mol. The van der Waals surface area contributed by atoms with Crippen LogP contribution in [-0.2, 0) is 11.2 Å². The van der Waals surface area contributed by atoms with Crippen molar-refractivity contribution in [3.05, 3.63) is 88.4 Å². The van der Waals surface area contributed by atoms with Crippen LogP contribution in [-0.4, -0.2) is 17.9 Å². The number of amides is 2. The van der Waals surface area contributed by atoms with Gasteiger partial charge >= 0.3 is 0 Å². The van der Waals surface area contributed by atoms with Gasteiger partial charge in [0.1, 0.15) is 5.75 Å². The minimum Gasteiger partial charge on any atom is -0.490 e. The molecule has 160 valence electrons. The lowest BCUT2D eigenvalue weighted by atomic mass is 10.1. The second kappa shape index (κ2) is 10.8. The first-order chi connectivity index (χ1) is 14.9. The lowest BCUT2D eigenvalue weighted by molar-refractivity contribution is -0.116. The fourth-order valence-corrected chi connectivity index (χ4v) is 3.40. The molecule has 0 radical (unpaired) electrons. The summed E-state index contributed by atoms with van der Waals surface area (Å²) in [5.74, 6) is 0.150. The summed E-state index contributed by atoms with van der Waals surface area (Å²) in [5, 5.41) is 5.77. The Morgan fingerprint density at radius 3 is 2.32 bits per heavy atom. The van der Waals surface area contributed by atoms with Gasteiger partial charge < -0.3 is 15.4 Å². The largest absolute Gasteiger partial charge is 0.490 e. The van der Waals surface area contributed by atoms with Gasteiger partial charge in [-0.2, -0.15) is 0 Å². The Bertz CT molecular complexity index is 1050. The number of hydrogen-bond donors (Lipinski definition) is 2. The van der Waals surface area contributed by atoms with Crippen molar-refractivity contribution in [3.8, 4) is 5.75 Å². The molecule has 0 aliphatic rings. The zero-order valence-electron chi connectivity index (χ0n) is 17.5. The zero-order valence-corrected chi connectivity index (χ0v) is 19.1. The highest BCUT2D eigenvalue weighted by atomic mass is 79.9. The Labute approximate surface area is 191 Å². The van der Waals surface area contributed by atoms with Gasteiger partial charge in [-0.15, -0.1) is 0 Å². The van der Waals surface area contributed by atoms with Crippen LogP contribution in [0.5, 0.6) is 5.75 Å². The Morgan fingerprint density at radius 1 is 0.903 bits per heavy atom. The number of aryl methyl sites for hydroxylation is 1. The van der Waals surface area contributed by atoms with Crippen LogP contribution in [0, 0.1) is 0 Å². The third kappa shape index (κ3) is 6.96. The van der Waals surface area contributed by atoms with Crippen molar-refractivity contribution in [1.29, 1.82) is 0 Å². The molecule has 0 aliphatic carbocycles. The molecule has 0 fully saturated rings. The van der Waals surface area contributed by atoms with E-state index in [0.717, 1.165) is 10.0 Å². The topological polar surface area (TPSA) is 67.4 Å². The van der Waals surface area contributed by atoms with Gasteiger partial charge in [-0.1, -0.05) is 52.3 Å². The van der Waals surface area contributed by atoms with Crippen LogP contribution in [0.3, 0.4) is 0 Å². The van der Waals surface area contributed by atoms with Crippen molar-refractivity contribution in [1.82, 2.24) is 0 Å². The molecule has 2 amide bonds. The van der Waals surface area contributed by atoms with Gasteiger partial charge in [-0.05, 0) is 62.2 Å². The molecule has 2 N–H and O–H groups in total. The molecule has 0 spiro atoms. The number of benzene rings is 3. The number of ether oxygens (including phenoxy) is 1. The molecule has 6 heteroatoms. The second-order valence-corrected chi connectivity index (χ2v) is 8.29. The third-order valence-corrected chi connectivity index (χ3v) is 4.93. The van der Waals surface area contributed by atoms with E-state index in [4.69, 9.17) is 4.74 Å². The van der Waals surface area contributed by atoms with E-state index in [9.17, 15) is 9.59 Å². The highest BCUT2D eigenvalue weighted by molar-refractivity contribution is 9.10. The molecule has 0 atom stereocenters. The predicted molar refractivity (Wildman–Crippen MR) is 128 cm³/mol. The molecule has 0 bridgehead atoms. The first-order valence-electron chi connectivity index (χ1n) is 10.1. The molecule has 5 nitrogen and oxygen atoms in total. The summed E-state index contributed by atoms with van der Waals surface area (Å²) < 4.78 is 6.55. The number of carbonyl (C=O) groups excluding carboxylic acids is 2. The van der Waals surface area contributed by atoms with Crippen LogP contribution in [0.25, 0.3) is 0 Å². The van der Waals surface area contributed by atoms with Crippen LogP contribution < -0.4 is 15.4 Å². The minimum atomic E-state index is -0.287. The van der Waals surface area contributed by atoms with E-state index in [1.807, 2.05) is 50.2 Å². The fraction of sp³-hybridized carbons (Fsp3) is 0.200. The van der Waals surface area contributed by atoms with Crippen LogP contribution in [0.1, 0.15) is 36.2 Å². The van der Waals surface area contributed by atoms with E-state index in [2.05, 4.69) is 26.6 Å². The Hall–Kier alpha value is -3.12. The highest BCUT2D eigenvalue weighted by Crippen LogP contribution is 2.26. The maximum absolute atomic E-state index is 12.9. The molecule has 0 heterocycles. The SMILES string of the molecule is CC(C)Oc1ccc(Br)cc1C(=O)Nc1cccc(NC(=O)CCc2ccccc2)c1. The highest BCUT2D eigenvalue weighted by Gasteiger charge is 2.15. The summed E-state index contributed by atoms with van der Waals surface area (Å²) in [4.78, 5) is 25.2. The van der Waals surface area contributed by atoms with Crippen molar-refractivity contribution >= 4 is 39.1 Å². The van der Waals surface area contributed by atoms with Crippen LogP contribution in [0.15, 0.2) is 77.3 Å². The van der Waals surface area contributed by atoms with Crippen molar-refractivity contribution in [2.45, 2.75) is 32.8 Å². The molecule has 31 heavy (non-hydrogen) atoms. The zero-order chi connectivity index (χ0) is 22.2. The molecular weight excluding hydrogens is 456 g/mol. The molecule has 3 aromatic carbocycles. The maximum atomic E-state index is 12.9. The van der Waals surface area contributed by atoms with E-state index in [1.165, 1.54) is 0 Å². The Balaban J connectivity index is 1.64. The smallest absolute Gasteiger partial charge is 0.259 e. The van der Waals surface area contributed by atoms with E-state index in [-0.39, 0.29) is 17.9 Å². The van der Waals surface area contributed by atoms with Gasteiger partial charge in [0, 0.05) is 22.3 Å². The number of carbonyl (C=O) groups is 2. The fourth-order valence-electron chi connectivity index (χ4n) is 3.04. The number of rotatable bonds is 8. The van der Waals surface area contributed by atoms with Crippen molar-refractivity contribution < 1.29 is 14.3 Å². The number of anilines is 2. The van der Waals surface area contributed by atoms with Crippen LogP contribution in [0.2, 0.25) is 0 Å². The van der Waals surface area contributed by atoms with E-state index >= 15 is 0 Å². The number of nitrogens with one attached hydrogen (secondary N) is 2. The van der Waals surface area contributed by atoms with Gasteiger partial charge in [0.15, 0.2) is 0 Å². The quantitative estimate of drug-likeness (QED) is 0.411. The van der Waals surface area contributed by atoms with E-state index < -0.39 is 0 Å². The lowest BCUT2D eigenvalue weighted by Gasteiger charge is -2.15. The van der Waals surface area contributed by atoms with Gasteiger partial charge in [-0.25, -0.2) is 0 Å². The normalized spacial score (nSPS) is 10.6. The van der Waals surface area contributed by atoms with Gasteiger partial charge in [0.25, 0.3) is 5.91 Å². The molecule has 0 unspecified atom stereocenters. The predicted octanol–water partition coefficient (Wildman–Crippen LogP) is 6.06. The standard InChI is InChI=1S/C25H25BrN2O3/c1-17(2)31-23-13-12-19(26)15-22(23)25(30)28-21-10-6-9-20(16-21)27-24(29)14-11-18-7-4-3-5-8-18/h3-10,12-13,15-17H,11,14H2,1-2H3,(H,27,29)(H,28,30). The number of hydrogen-bond acceptors (Lipinski definition) is 3. The summed E-state index contributed by atoms with van der Waals surface area (Å²) in [6, 6.07) is 22.3. The Morgan fingerprint density at radius 2 is 1.61 bits per heavy atom. The molecule has 0 aromatic heterocycles. The third-order valence-electron chi connectivity index (χ3n) is 4.44. The van der Waals surface area contributed by atoms with Gasteiger partial charge in [0.05, 0.1) is 11.7 Å². The van der Waals surface area contributed by atoms with Crippen LogP contribution in [0.4, 0.5) is 11.4 Å². The molecule has 0 aliphatic heterocycles. The molecule has 0 saturated carbocycles. The summed E-state index contributed by atoms with van der Waals surface area (Å²) in [6.45, 7) is 3.82. The number of halogens is 1. The summed E-state index contributed by atoms with van der Waals surface area (Å²) >= 11 is 3.40. The second-order valence-electron chi connectivity index (χ2n) is 7.38. The first kappa shape index (κ1) is 22.6. The van der Waals surface area contributed by atoms with Crippen molar-refractivity contribution in [2.75, 3.05) is 10.6 Å². The summed E-state index contributed by atoms with van der Waals surface area (Å²) in [7, 11) is 0. The van der Waals surface area contributed by atoms with E-state index in [1.54, 1.807) is 36.4 Å². The first-order valence-corrected chi connectivity index (χ1v) is 10.9. The average Bonchev–Trinajstić information content (AvgIpc) is 2.74. The molecular formula is C25H25BrN2O3. The van der Waals surface area contributed by atoms with Gasteiger partial charge in [-0.3, -0.25) is 9.59 Å². The van der Waals surface area contributed by atoms with Crippen molar-refractivity contribution in [2.24, 2.45) is 0 Å². The summed E-state index contributed by atoms with van der Waals surface area (Å²) in [5.41, 5.74) is 2.76. The monoisotopic (exact) mass is 480 g/mol. The lowest BCUT2D eigenvalue weighted by Crippen LogP contribution is -2.16. The minimum absolute atomic E-state index is 0.0536. The molecule has 3 rings (SSSR count). The molecule has 0 saturated heterocycles. The van der Waals surface area contributed by atoms with Gasteiger partial charge in [0.2, 0.25) is 5.91 Å². The van der Waals surface area contributed by atoms with Crippen LogP contribution >= 0.6 is 15.9 Å². The van der Waals surface area contributed by atoms with E-state index in [0.29, 0.717) is 35.5 Å².